The lowest BCUT2D eigenvalue weighted by atomic mass is 10.3. The highest BCUT2D eigenvalue weighted by Crippen LogP contribution is 2.34. The van der Waals surface area contributed by atoms with Crippen molar-refractivity contribution < 1.29 is 17.9 Å². The number of hydrogen-bond acceptors (Lipinski definition) is 5. The number of sulfonamides is 1. The Hall–Kier alpha value is -2.22. The van der Waals surface area contributed by atoms with Crippen LogP contribution < -0.4 is 14.2 Å². The van der Waals surface area contributed by atoms with Gasteiger partial charge in [-0.1, -0.05) is 0 Å². The molecule has 1 aromatic carbocycles. The van der Waals surface area contributed by atoms with Gasteiger partial charge < -0.3 is 9.47 Å². The van der Waals surface area contributed by atoms with Gasteiger partial charge in [0.1, 0.15) is 4.90 Å². The summed E-state index contributed by atoms with van der Waals surface area (Å²) in [5.74, 6) is 1.12. The van der Waals surface area contributed by atoms with E-state index in [0.717, 1.165) is 0 Å². The van der Waals surface area contributed by atoms with Gasteiger partial charge in [-0.25, -0.2) is 8.42 Å². The molecule has 0 radical (unpaired) electrons. The number of aryl methyl sites for hydroxylation is 1. The van der Waals surface area contributed by atoms with Crippen LogP contribution in [-0.2, 0) is 10.0 Å². The van der Waals surface area contributed by atoms with Crippen LogP contribution in [0.15, 0.2) is 29.3 Å². The third-order valence-corrected chi connectivity index (χ3v) is 4.19. The summed E-state index contributed by atoms with van der Waals surface area (Å²) in [6.07, 6.45) is 1.27. The fraction of sp³-hybridized carbons (Fsp3) is 0.182. The van der Waals surface area contributed by atoms with Crippen molar-refractivity contribution in [2.24, 2.45) is 0 Å². The first-order valence-electron chi connectivity index (χ1n) is 5.49. The fourth-order valence-electron chi connectivity index (χ4n) is 1.78. The zero-order valence-corrected chi connectivity index (χ0v) is 10.8. The summed E-state index contributed by atoms with van der Waals surface area (Å²) >= 11 is 0. The Kier molecular flexibility index (Phi) is 2.59. The van der Waals surface area contributed by atoms with Crippen LogP contribution in [0.4, 0.5) is 5.69 Å². The molecule has 19 heavy (non-hydrogen) atoms. The number of benzene rings is 1. The van der Waals surface area contributed by atoms with Gasteiger partial charge in [0.15, 0.2) is 11.5 Å². The molecule has 2 heterocycles. The molecular weight excluding hydrogens is 270 g/mol. The van der Waals surface area contributed by atoms with Crippen molar-refractivity contribution in [3.63, 3.8) is 0 Å². The van der Waals surface area contributed by atoms with Crippen molar-refractivity contribution in [1.82, 2.24) is 10.2 Å². The van der Waals surface area contributed by atoms with Gasteiger partial charge in [-0.05, 0) is 19.1 Å². The second-order valence-corrected chi connectivity index (χ2v) is 5.68. The summed E-state index contributed by atoms with van der Waals surface area (Å²) in [4.78, 5) is 0.116. The van der Waals surface area contributed by atoms with Crippen LogP contribution >= 0.6 is 0 Å². The maximum absolute atomic E-state index is 12.1. The first-order valence-corrected chi connectivity index (χ1v) is 6.97. The monoisotopic (exact) mass is 281 g/mol. The summed E-state index contributed by atoms with van der Waals surface area (Å²) in [6, 6.07) is 4.85. The predicted molar refractivity (Wildman–Crippen MR) is 66.7 cm³/mol. The average Bonchev–Trinajstić information content (AvgIpc) is 2.96. The number of anilines is 1. The number of nitrogens with one attached hydrogen (secondary N) is 2. The molecule has 0 saturated heterocycles. The Bertz CT molecular complexity index is 723. The number of aromatic nitrogens is 2. The van der Waals surface area contributed by atoms with Gasteiger partial charge in [-0.3, -0.25) is 9.82 Å². The summed E-state index contributed by atoms with van der Waals surface area (Å²) in [7, 11) is -3.66. The van der Waals surface area contributed by atoms with E-state index in [4.69, 9.17) is 9.47 Å². The van der Waals surface area contributed by atoms with Crippen LogP contribution in [0.3, 0.4) is 0 Å². The maximum atomic E-state index is 12.1. The average molecular weight is 281 g/mol. The van der Waals surface area contributed by atoms with Gasteiger partial charge in [0.05, 0.1) is 17.6 Å². The molecule has 1 aliphatic heterocycles. The molecule has 2 aromatic rings. The lowest BCUT2D eigenvalue weighted by molar-refractivity contribution is 0.174. The SMILES string of the molecule is Cc1[nH]ncc1S(=O)(=O)Nc1ccc2c(c1)OCO2. The minimum absolute atomic E-state index is 0.116. The highest BCUT2D eigenvalue weighted by atomic mass is 32.2. The summed E-state index contributed by atoms with van der Waals surface area (Å²) < 4.78 is 37.1. The van der Waals surface area contributed by atoms with E-state index in [2.05, 4.69) is 14.9 Å². The van der Waals surface area contributed by atoms with Crippen LogP contribution in [0.1, 0.15) is 5.69 Å². The van der Waals surface area contributed by atoms with E-state index in [-0.39, 0.29) is 11.7 Å². The standard InChI is InChI=1S/C11H11N3O4S/c1-7-11(5-12-13-7)19(15,16)14-8-2-3-9-10(4-8)18-6-17-9/h2-5,14H,6H2,1H3,(H,12,13). The quantitative estimate of drug-likeness (QED) is 0.883. The van der Waals surface area contributed by atoms with E-state index in [1.807, 2.05) is 0 Å². The first-order chi connectivity index (χ1) is 9.06. The second-order valence-electron chi connectivity index (χ2n) is 4.03. The van der Waals surface area contributed by atoms with Gasteiger partial charge in [0, 0.05) is 6.07 Å². The number of aromatic amines is 1. The van der Waals surface area contributed by atoms with Crippen molar-refractivity contribution in [2.45, 2.75) is 11.8 Å². The Labute approximate surface area is 109 Å². The number of nitrogens with zero attached hydrogens (tertiary/aromatic N) is 1. The predicted octanol–water partition coefficient (Wildman–Crippen LogP) is 1.25. The van der Waals surface area contributed by atoms with Crippen LogP contribution in [-0.4, -0.2) is 25.4 Å². The van der Waals surface area contributed by atoms with E-state index >= 15 is 0 Å². The van der Waals surface area contributed by atoms with Crippen molar-refractivity contribution in [3.05, 3.63) is 30.1 Å². The Morgan fingerprint density at radius 3 is 2.84 bits per heavy atom. The van der Waals surface area contributed by atoms with Gasteiger partial charge in [-0.15, -0.1) is 0 Å². The molecule has 3 rings (SSSR count). The summed E-state index contributed by atoms with van der Waals surface area (Å²) in [5, 5.41) is 6.29. The van der Waals surface area contributed by atoms with Crippen LogP contribution in [0.25, 0.3) is 0 Å². The van der Waals surface area contributed by atoms with Crippen LogP contribution in [0.5, 0.6) is 11.5 Å². The molecule has 1 aliphatic rings. The van der Waals surface area contributed by atoms with Gasteiger partial charge in [0.2, 0.25) is 6.79 Å². The van der Waals surface area contributed by atoms with E-state index < -0.39 is 10.0 Å². The molecule has 0 amide bonds. The van der Waals surface area contributed by atoms with Crippen LogP contribution in [0, 0.1) is 6.92 Å². The van der Waals surface area contributed by atoms with Gasteiger partial charge in [0.25, 0.3) is 10.0 Å². The largest absolute Gasteiger partial charge is 0.454 e. The molecule has 0 saturated carbocycles. The molecule has 7 nitrogen and oxygen atoms in total. The van der Waals surface area contributed by atoms with Crippen molar-refractivity contribution in [2.75, 3.05) is 11.5 Å². The highest BCUT2D eigenvalue weighted by molar-refractivity contribution is 7.92. The fourth-order valence-corrected chi connectivity index (χ4v) is 2.97. The molecule has 0 spiro atoms. The smallest absolute Gasteiger partial charge is 0.265 e. The highest BCUT2D eigenvalue weighted by Gasteiger charge is 2.20. The molecule has 100 valence electrons. The lowest BCUT2D eigenvalue weighted by Gasteiger charge is -2.07. The molecule has 0 atom stereocenters. The second kappa shape index (κ2) is 4.16. The van der Waals surface area contributed by atoms with Gasteiger partial charge in [-0.2, -0.15) is 5.10 Å². The number of ether oxygens (including phenoxy) is 2. The van der Waals surface area contributed by atoms with Crippen molar-refractivity contribution >= 4 is 15.7 Å². The normalized spacial score (nSPS) is 13.5. The minimum Gasteiger partial charge on any atom is -0.454 e. The Balaban J connectivity index is 1.91. The van der Waals surface area contributed by atoms with Gasteiger partial charge >= 0.3 is 0 Å². The zero-order chi connectivity index (χ0) is 13.5. The molecule has 1 aromatic heterocycles. The van der Waals surface area contributed by atoms with E-state index in [9.17, 15) is 8.42 Å². The molecule has 0 bridgehead atoms. The number of fused-ring (bicyclic) bond motifs is 1. The third-order valence-electron chi connectivity index (χ3n) is 2.70. The maximum Gasteiger partial charge on any atom is 0.265 e. The van der Waals surface area contributed by atoms with Crippen LogP contribution in [0.2, 0.25) is 0 Å². The molecule has 0 fully saturated rings. The number of rotatable bonds is 3. The van der Waals surface area contributed by atoms with E-state index in [1.165, 1.54) is 6.20 Å². The van der Waals surface area contributed by atoms with E-state index in [0.29, 0.717) is 22.9 Å². The van der Waals surface area contributed by atoms with Crippen molar-refractivity contribution in [1.29, 1.82) is 0 Å². The third kappa shape index (κ3) is 2.10. The molecule has 0 aliphatic carbocycles. The number of H-pyrrole nitrogens is 1. The molecule has 8 heteroatoms. The molecule has 0 unspecified atom stereocenters. The Morgan fingerprint density at radius 2 is 2.11 bits per heavy atom. The zero-order valence-electron chi connectivity index (χ0n) is 10.0. The topological polar surface area (TPSA) is 93.3 Å². The molecular formula is C11H11N3O4S. The minimum atomic E-state index is -3.66. The summed E-state index contributed by atoms with van der Waals surface area (Å²) in [5.41, 5.74) is 0.887. The van der Waals surface area contributed by atoms with Crippen molar-refractivity contribution in [3.8, 4) is 11.5 Å². The lowest BCUT2D eigenvalue weighted by Crippen LogP contribution is -2.13. The Morgan fingerprint density at radius 1 is 1.32 bits per heavy atom. The first kappa shape index (κ1) is 11.8. The number of hydrogen-bond donors (Lipinski definition) is 2. The van der Waals surface area contributed by atoms with E-state index in [1.54, 1.807) is 25.1 Å². The molecule has 2 N–H and O–H groups in total. The summed E-state index contributed by atoms with van der Waals surface area (Å²) in [6.45, 7) is 1.79.